The molecule has 1 fully saturated rings. The molecule has 2 aliphatic heterocycles. The fourth-order valence-electron chi connectivity index (χ4n) is 8.18. The van der Waals surface area contributed by atoms with Gasteiger partial charge >= 0.3 is 11.9 Å². The minimum absolute atomic E-state index is 0.00305. The van der Waals surface area contributed by atoms with Gasteiger partial charge in [0, 0.05) is 43.5 Å². The molecule has 0 radical (unpaired) electrons. The van der Waals surface area contributed by atoms with E-state index in [0.29, 0.717) is 19.6 Å². The van der Waals surface area contributed by atoms with E-state index in [9.17, 15) is 14.4 Å². The second-order valence-electron chi connectivity index (χ2n) is 15.5. The summed E-state index contributed by atoms with van der Waals surface area (Å²) in [6.45, 7) is 7.91. The van der Waals surface area contributed by atoms with E-state index in [1.807, 2.05) is 51.1 Å². The van der Waals surface area contributed by atoms with Crippen LogP contribution in [0.2, 0.25) is 5.02 Å². The van der Waals surface area contributed by atoms with Crippen LogP contribution >= 0.6 is 11.6 Å². The number of esters is 2. The highest BCUT2D eigenvalue weighted by Crippen LogP contribution is 2.47. The number of methoxy groups -OCH3 is 1. The maximum atomic E-state index is 13.5. The van der Waals surface area contributed by atoms with Crippen molar-refractivity contribution in [1.82, 2.24) is 4.90 Å². The van der Waals surface area contributed by atoms with E-state index in [1.165, 1.54) is 18.2 Å². The van der Waals surface area contributed by atoms with Gasteiger partial charge in [-0.25, -0.2) is 4.79 Å². The number of anilines is 1. The van der Waals surface area contributed by atoms with Crippen LogP contribution in [0.1, 0.15) is 81.9 Å². The van der Waals surface area contributed by atoms with E-state index in [-0.39, 0.29) is 48.3 Å². The van der Waals surface area contributed by atoms with Crippen LogP contribution < -0.4 is 9.64 Å². The Kier molecular flexibility index (Phi) is 10.8. The van der Waals surface area contributed by atoms with Crippen molar-refractivity contribution in [2.24, 2.45) is 11.8 Å². The monoisotopic (exact) mass is 706 g/mol. The molecule has 1 amide bonds. The van der Waals surface area contributed by atoms with Crippen LogP contribution in [-0.2, 0) is 40.4 Å². The summed E-state index contributed by atoms with van der Waals surface area (Å²) in [7, 11) is 3.13. The Bertz CT molecular complexity index is 1620. The molecule has 4 aliphatic rings. The fourth-order valence-corrected chi connectivity index (χ4v) is 8.37. The number of aryl methyl sites for hydroxylation is 1. The Balaban J connectivity index is 1.39. The summed E-state index contributed by atoms with van der Waals surface area (Å²) in [6, 6.07) is 12.1. The normalized spacial score (nSPS) is 27.6. The molecular formula is C40H51ClN2O7. The Morgan fingerprint density at radius 1 is 1.12 bits per heavy atom. The largest absolute Gasteiger partial charge is 0.490 e. The molecule has 2 aromatic carbocycles. The van der Waals surface area contributed by atoms with Crippen molar-refractivity contribution in [2.45, 2.75) is 88.8 Å². The van der Waals surface area contributed by atoms with Crippen LogP contribution in [0.15, 0.2) is 48.6 Å². The molecule has 10 heteroatoms. The first-order valence-corrected chi connectivity index (χ1v) is 18.4. The highest BCUT2D eigenvalue weighted by molar-refractivity contribution is 6.30. The van der Waals surface area contributed by atoms with Crippen LogP contribution in [0.4, 0.5) is 5.69 Å². The molecule has 1 spiro atoms. The second-order valence-corrected chi connectivity index (χ2v) is 15.9. The molecule has 0 saturated heterocycles. The maximum Gasteiger partial charge on any atom is 0.332 e. The third-order valence-electron chi connectivity index (χ3n) is 10.9. The van der Waals surface area contributed by atoms with Gasteiger partial charge in [-0.15, -0.1) is 0 Å². The van der Waals surface area contributed by atoms with Gasteiger partial charge in [0.1, 0.15) is 18.0 Å². The van der Waals surface area contributed by atoms with Gasteiger partial charge in [0.15, 0.2) is 0 Å². The zero-order valence-corrected chi connectivity index (χ0v) is 30.8. The van der Waals surface area contributed by atoms with Crippen molar-refractivity contribution in [1.29, 1.82) is 0 Å². The predicted molar refractivity (Wildman–Crippen MR) is 193 cm³/mol. The molecule has 50 heavy (non-hydrogen) atoms. The summed E-state index contributed by atoms with van der Waals surface area (Å²) in [5.74, 6) is -0.478. The van der Waals surface area contributed by atoms with Gasteiger partial charge in [-0.3, -0.25) is 9.59 Å². The van der Waals surface area contributed by atoms with E-state index in [2.05, 4.69) is 23.1 Å². The number of halogens is 1. The number of hydrogen-bond acceptors (Lipinski definition) is 8. The lowest BCUT2D eigenvalue weighted by Crippen LogP contribution is -2.50. The molecule has 2 heterocycles. The minimum Gasteiger partial charge on any atom is -0.490 e. The summed E-state index contributed by atoms with van der Waals surface area (Å²) in [5.41, 5.74) is 3.33. The number of hydrogen-bond donors (Lipinski definition) is 0. The summed E-state index contributed by atoms with van der Waals surface area (Å²) < 4.78 is 23.8. The third-order valence-corrected chi connectivity index (χ3v) is 11.1. The molecule has 6 rings (SSSR count). The molecule has 2 aliphatic carbocycles. The number of nitrogens with zero attached hydrogens (tertiary/aromatic N) is 2. The van der Waals surface area contributed by atoms with Crippen molar-refractivity contribution >= 4 is 35.1 Å². The predicted octanol–water partition coefficient (Wildman–Crippen LogP) is 6.63. The highest BCUT2D eigenvalue weighted by atomic mass is 35.5. The van der Waals surface area contributed by atoms with Gasteiger partial charge < -0.3 is 28.7 Å². The van der Waals surface area contributed by atoms with Crippen molar-refractivity contribution in [3.63, 3.8) is 0 Å². The summed E-state index contributed by atoms with van der Waals surface area (Å²) in [5, 5.41) is 0.741. The first kappa shape index (κ1) is 36.2. The zero-order chi connectivity index (χ0) is 35.6. The Hall–Kier alpha value is -3.56. The number of carbonyl (C=O) groups excluding carboxylic acids is 3. The molecule has 2 aromatic rings. The first-order valence-electron chi connectivity index (χ1n) is 18.0. The average molecular weight is 707 g/mol. The Morgan fingerprint density at radius 2 is 1.94 bits per heavy atom. The number of ether oxygens (including phenoxy) is 4. The van der Waals surface area contributed by atoms with Gasteiger partial charge in [-0.05, 0) is 112 Å². The van der Waals surface area contributed by atoms with Gasteiger partial charge in [-0.1, -0.05) is 35.9 Å². The lowest BCUT2D eigenvalue weighted by Gasteiger charge is -2.46. The van der Waals surface area contributed by atoms with Crippen molar-refractivity contribution < 1.29 is 33.3 Å². The smallest absolute Gasteiger partial charge is 0.332 e. The Labute approximate surface area is 301 Å². The molecule has 0 N–H and O–H groups in total. The van der Waals surface area contributed by atoms with E-state index in [4.69, 9.17) is 30.5 Å². The molecule has 1 saturated carbocycles. The van der Waals surface area contributed by atoms with Crippen LogP contribution in [0.25, 0.3) is 0 Å². The standard InChI is InChI=1S/C40H51ClN2O7/c1-39(2,3)50-37(45)23-48-34-10-6-7-18-42(4)36(44)21-31(38(46)47-5)26-12-16-35-33(20-26)43(22-28-11-14-30(28)34)24-40(25-49-35)17-8-9-27-19-29(41)13-15-32(27)40/h6,10,12-13,15-16,19-20,28,30-31,34H,7-9,11,14,17-18,21-25H2,1-5H3/b10-6+/t28-,30+,31+,34-,40-/m0/s1. The molecule has 270 valence electrons. The summed E-state index contributed by atoms with van der Waals surface area (Å²) in [4.78, 5) is 43.5. The fraction of sp³-hybridized carbons (Fsp3) is 0.575. The number of fused-ring (bicyclic) bond motifs is 4. The van der Waals surface area contributed by atoms with E-state index in [1.54, 1.807) is 11.9 Å². The maximum absolute atomic E-state index is 13.5. The zero-order valence-electron chi connectivity index (χ0n) is 30.0. The molecule has 5 atom stereocenters. The van der Waals surface area contributed by atoms with Crippen molar-refractivity contribution in [3.8, 4) is 5.75 Å². The number of benzene rings is 2. The third kappa shape index (κ3) is 7.99. The average Bonchev–Trinajstić information content (AvgIpc) is 3.21. The molecule has 2 bridgehead atoms. The van der Waals surface area contributed by atoms with Crippen LogP contribution in [0.5, 0.6) is 5.75 Å². The summed E-state index contributed by atoms with van der Waals surface area (Å²) >= 11 is 6.47. The van der Waals surface area contributed by atoms with Crippen LogP contribution in [0.3, 0.4) is 0 Å². The molecule has 0 unspecified atom stereocenters. The van der Waals surface area contributed by atoms with Gasteiger partial charge in [0.25, 0.3) is 0 Å². The number of carbonyl (C=O) groups is 3. The van der Waals surface area contributed by atoms with Crippen molar-refractivity contribution in [2.75, 3.05) is 51.9 Å². The topological polar surface area (TPSA) is 94.6 Å². The highest BCUT2D eigenvalue weighted by Gasteiger charge is 2.45. The first-order chi connectivity index (χ1) is 23.9. The van der Waals surface area contributed by atoms with Crippen LogP contribution in [-0.4, -0.2) is 81.5 Å². The quantitative estimate of drug-likeness (QED) is 0.258. The number of rotatable bonds is 4. The van der Waals surface area contributed by atoms with Crippen LogP contribution in [0, 0.1) is 11.8 Å². The molecule has 0 aromatic heterocycles. The summed E-state index contributed by atoms with van der Waals surface area (Å²) in [6.07, 6.45) is 9.42. The molecular weight excluding hydrogens is 656 g/mol. The lowest BCUT2D eigenvalue weighted by molar-refractivity contribution is -0.163. The van der Waals surface area contributed by atoms with Gasteiger partial charge in [0.2, 0.25) is 5.91 Å². The molecule has 9 nitrogen and oxygen atoms in total. The van der Waals surface area contributed by atoms with E-state index >= 15 is 0 Å². The number of amides is 1. The van der Waals surface area contributed by atoms with Crippen molar-refractivity contribution in [3.05, 3.63) is 70.3 Å². The van der Waals surface area contributed by atoms with E-state index in [0.717, 1.165) is 67.2 Å². The minimum atomic E-state index is -0.748. The SMILES string of the molecule is COC(=O)[C@@H]1CC(=O)N(C)CC/C=C/[C@H](OCC(=O)OC(C)(C)C)[C@@H]2CC[C@H]2CN2C[C@@]3(CCCc4cc(Cl)ccc43)COc3ccc1cc32. The van der Waals surface area contributed by atoms with Gasteiger partial charge in [0.05, 0.1) is 31.4 Å². The second kappa shape index (κ2) is 15.0. The Morgan fingerprint density at radius 3 is 2.68 bits per heavy atom. The van der Waals surface area contributed by atoms with Gasteiger partial charge in [-0.2, -0.15) is 0 Å². The lowest BCUT2D eigenvalue weighted by atomic mass is 9.68. The van der Waals surface area contributed by atoms with E-state index < -0.39 is 17.5 Å².